The molecule has 7 nitrogen and oxygen atoms in total. The molecular formula is C22H25ClN2O5S. The standard InChI is InChI=1S/C22H25ClN2O5S/c1-3-24(4-2)31(27,28)17-5-6-19-16(14-17)7-8-25(19)21(26)13-15-11-18(23)22-20(12-15)29-9-10-30-22/h5-6,11-12,14H,3-4,7-10,13H2,1-2H3. The monoisotopic (exact) mass is 464 g/mol. The molecule has 2 aliphatic heterocycles. The number of nitrogens with zero attached hydrogens (tertiary/aromatic N) is 2. The zero-order valence-electron chi connectivity index (χ0n) is 17.6. The van der Waals surface area contributed by atoms with Crippen LogP contribution >= 0.6 is 11.6 Å². The van der Waals surface area contributed by atoms with Crippen LogP contribution in [-0.4, -0.2) is 51.5 Å². The van der Waals surface area contributed by atoms with E-state index >= 15 is 0 Å². The molecule has 0 spiro atoms. The summed E-state index contributed by atoms with van der Waals surface area (Å²) in [7, 11) is -3.53. The van der Waals surface area contributed by atoms with Crippen molar-refractivity contribution in [2.45, 2.75) is 31.6 Å². The summed E-state index contributed by atoms with van der Waals surface area (Å²) in [5.74, 6) is 0.984. The van der Waals surface area contributed by atoms with Gasteiger partial charge in [-0.05, 0) is 47.9 Å². The van der Waals surface area contributed by atoms with Crippen molar-refractivity contribution in [2.75, 3.05) is 37.7 Å². The highest BCUT2D eigenvalue weighted by Gasteiger charge is 2.29. The van der Waals surface area contributed by atoms with Crippen molar-refractivity contribution in [3.05, 3.63) is 46.5 Å². The molecule has 2 aromatic carbocycles. The first-order chi connectivity index (χ1) is 14.8. The van der Waals surface area contributed by atoms with Crippen LogP contribution in [0.25, 0.3) is 0 Å². The third kappa shape index (κ3) is 4.12. The zero-order chi connectivity index (χ0) is 22.2. The Labute approximate surface area is 187 Å². The molecule has 0 atom stereocenters. The first-order valence-electron chi connectivity index (χ1n) is 10.4. The summed E-state index contributed by atoms with van der Waals surface area (Å²) in [5.41, 5.74) is 2.36. The highest BCUT2D eigenvalue weighted by atomic mass is 35.5. The number of carbonyl (C=O) groups excluding carboxylic acids is 1. The Hall–Kier alpha value is -2.29. The van der Waals surface area contributed by atoms with Gasteiger partial charge < -0.3 is 14.4 Å². The topological polar surface area (TPSA) is 76.2 Å². The van der Waals surface area contributed by atoms with Crippen LogP contribution in [0.3, 0.4) is 0 Å². The van der Waals surface area contributed by atoms with E-state index in [4.69, 9.17) is 21.1 Å². The number of anilines is 1. The number of hydrogen-bond acceptors (Lipinski definition) is 5. The number of hydrogen-bond donors (Lipinski definition) is 0. The summed E-state index contributed by atoms with van der Waals surface area (Å²) in [4.78, 5) is 15.0. The average molecular weight is 465 g/mol. The molecule has 31 heavy (non-hydrogen) atoms. The number of halogens is 1. The molecule has 0 saturated carbocycles. The van der Waals surface area contributed by atoms with E-state index in [0.29, 0.717) is 55.8 Å². The maximum absolute atomic E-state index is 13.0. The van der Waals surface area contributed by atoms with Gasteiger partial charge in [-0.15, -0.1) is 0 Å². The maximum atomic E-state index is 13.0. The van der Waals surface area contributed by atoms with E-state index in [-0.39, 0.29) is 17.2 Å². The molecule has 0 N–H and O–H groups in total. The molecule has 2 heterocycles. The first-order valence-corrected chi connectivity index (χ1v) is 12.2. The van der Waals surface area contributed by atoms with E-state index in [2.05, 4.69) is 0 Å². The number of sulfonamides is 1. The van der Waals surface area contributed by atoms with E-state index in [1.807, 2.05) is 13.8 Å². The molecule has 166 valence electrons. The predicted molar refractivity (Wildman–Crippen MR) is 119 cm³/mol. The van der Waals surface area contributed by atoms with Gasteiger partial charge in [-0.1, -0.05) is 25.4 Å². The van der Waals surface area contributed by atoms with Crippen molar-refractivity contribution in [1.82, 2.24) is 4.31 Å². The molecule has 2 aliphatic rings. The smallest absolute Gasteiger partial charge is 0.243 e. The van der Waals surface area contributed by atoms with Crippen LogP contribution in [0.2, 0.25) is 5.02 Å². The number of amides is 1. The molecule has 0 fully saturated rings. The maximum Gasteiger partial charge on any atom is 0.243 e. The van der Waals surface area contributed by atoms with Gasteiger partial charge in [0.1, 0.15) is 13.2 Å². The Morgan fingerprint density at radius 3 is 2.61 bits per heavy atom. The van der Waals surface area contributed by atoms with Crippen LogP contribution in [0, 0.1) is 0 Å². The fraction of sp³-hybridized carbons (Fsp3) is 0.409. The fourth-order valence-electron chi connectivity index (χ4n) is 4.05. The molecule has 0 bridgehead atoms. The van der Waals surface area contributed by atoms with Crippen LogP contribution in [0.15, 0.2) is 35.2 Å². The second-order valence-corrected chi connectivity index (χ2v) is 9.80. The first kappa shape index (κ1) is 21.9. The van der Waals surface area contributed by atoms with Crippen molar-refractivity contribution >= 4 is 33.2 Å². The van der Waals surface area contributed by atoms with Crippen LogP contribution in [0.4, 0.5) is 5.69 Å². The van der Waals surface area contributed by atoms with E-state index in [9.17, 15) is 13.2 Å². The van der Waals surface area contributed by atoms with Gasteiger partial charge in [-0.25, -0.2) is 8.42 Å². The van der Waals surface area contributed by atoms with Crippen LogP contribution < -0.4 is 14.4 Å². The van der Waals surface area contributed by atoms with Gasteiger partial charge in [0, 0.05) is 25.3 Å². The molecule has 1 amide bonds. The second kappa shape index (κ2) is 8.68. The highest BCUT2D eigenvalue weighted by Crippen LogP contribution is 2.39. The normalized spacial score (nSPS) is 15.3. The van der Waals surface area contributed by atoms with Gasteiger partial charge in [0.2, 0.25) is 15.9 Å². The van der Waals surface area contributed by atoms with Crippen molar-refractivity contribution in [2.24, 2.45) is 0 Å². The van der Waals surface area contributed by atoms with E-state index < -0.39 is 10.0 Å². The van der Waals surface area contributed by atoms with Gasteiger partial charge in [-0.3, -0.25) is 4.79 Å². The minimum Gasteiger partial charge on any atom is -0.486 e. The molecule has 4 rings (SSSR count). The number of fused-ring (bicyclic) bond motifs is 2. The van der Waals surface area contributed by atoms with Gasteiger partial charge in [0.15, 0.2) is 11.5 Å². The summed E-state index contributed by atoms with van der Waals surface area (Å²) in [6, 6.07) is 8.52. The summed E-state index contributed by atoms with van der Waals surface area (Å²) in [6.07, 6.45) is 0.778. The summed E-state index contributed by atoms with van der Waals surface area (Å²) < 4.78 is 38.2. The summed E-state index contributed by atoms with van der Waals surface area (Å²) in [5, 5.41) is 0.424. The Balaban J connectivity index is 1.55. The minimum absolute atomic E-state index is 0.0779. The van der Waals surface area contributed by atoms with Gasteiger partial charge >= 0.3 is 0 Å². The Morgan fingerprint density at radius 1 is 1.13 bits per heavy atom. The van der Waals surface area contributed by atoms with Crippen molar-refractivity contribution in [3.8, 4) is 11.5 Å². The molecule has 9 heteroatoms. The lowest BCUT2D eigenvalue weighted by atomic mass is 10.1. The Bertz CT molecular complexity index is 1120. The lowest BCUT2D eigenvalue weighted by Gasteiger charge is -2.22. The average Bonchev–Trinajstić information content (AvgIpc) is 3.18. The van der Waals surface area contributed by atoms with Crippen molar-refractivity contribution < 1.29 is 22.7 Å². The zero-order valence-corrected chi connectivity index (χ0v) is 19.1. The third-order valence-corrected chi connectivity index (χ3v) is 7.93. The Kier molecular flexibility index (Phi) is 6.14. The third-order valence-electron chi connectivity index (χ3n) is 5.60. The SMILES string of the molecule is CCN(CC)S(=O)(=O)c1ccc2c(c1)CCN2C(=O)Cc1cc(Cl)c2c(c1)OCCO2. The molecular weight excluding hydrogens is 440 g/mol. The lowest BCUT2D eigenvalue weighted by molar-refractivity contribution is -0.117. The number of rotatable bonds is 6. The minimum atomic E-state index is -3.53. The fourth-order valence-corrected chi connectivity index (χ4v) is 5.84. The number of carbonyl (C=O) groups is 1. The van der Waals surface area contributed by atoms with E-state index in [1.165, 1.54) is 4.31 Å². The molecule has 0 aromatic heterocycles. The molecule has 0 radical (unpaired) electrons. The van der Waals surface area contributed by atoms with Crippen LogP contribution in [0.5, 0.6) is 11.5 Å². The molecule has 2 aromatic rings. The van der Waals surface area contributed by atoms with Crippen molar-refractivity contribution in [3.63, 3.8) is 0 Å². The summed E-state index contributed by atoms with van der Waals surface area (Å²) in [6.45, 7) is 5.87. The molecule has 0 saturated heterocycles. The molecule has 0 unspecified atom stereocenters. The van der Waals surface area contributed by atoms with E-state index in [0.717, 1.165) is 16.8 Å². The quantitative estimate of drug-likeness (QED) is 0.655. The molecule has 0 aliphatic carbocycles. The van der Waals surface area contributed by atoms with Crippen LogP contribution in [-0.2, 0) is 27.7 Å². The van der Waals surface area contributed by atoms with Crippen LogP contribution in [0.1, 0.15) is 25.0 Å². The summed E-state index contributed by atoms with van der Waals surface area (Å²) >= 11 is 6.29. The highest BCUT2D eigenvalue weighted by molar-refractivity contribution is 7.89. The van der Waals surface area contributed by atoms with Crippen molar-refractivity contribution in [1.29, 1.82) is 0 Å². The van der Waals surface area contributed by atoms with Gasteiger partial charge in [0.05, 0.1) is 16.3 Å². The lowest BCUT2D eigenvalue weighted by Crippen LogP contribution is -2.31. The largest absolute Gasteiger partial charge is 0.486 e. The van der Waals surface area contributed by atoms with Gasteiger partial charge in [-0.2, -0.15) is 4.31 Å². The predicted octanol–water partition coefficient (Wildman–Crippen LogP) is 3.27. The van der Waals surface area contributed by atoms with E-state index in [1.54, 1.807) is 35.2 Å². The second-order valence-electron chi connectivity index (χ2n) is 7.45. The Morgan fingerprint density at radius 2 is 1.87 bits per heavy atom. The number of ether oxygens (including phenoxy) is 2. The van der Waals surface area contributed by atoms with Gasteiger partial charge in [0.25, 0.3) is 0 Å². The number of benzene rings is 2.